The summed E-state index contributed by atoms with van der Waals surface area (Å²) in [7, 11) is 0. The molecule has 2 N–H and O–H groups in total. The van der Waals surface area contributed by atoms with E-state index in [9.17, 15) is 9.59 Å². The van der Waals surface area contributed by atoms with Crippen LogP contribution in [-0.4, -0.2) is 34.3 Å². The molecule has 0 fully saturated rings. The van der Waals surface area contributed by atoms with Crippen molar-refractivity contribution in [3.8, 4) is 0 Å². The van der Waals surface area contributed by atoms with Crippen LogP contribution in [0.25, 0.3) is 0 Å². The lowest BCUT2D eigenvalue weighted by Gasteiger charge is -2.04. The molecular formula is C19H17ClN4O2S2. The van der Waals surface area contributed by atoms with E-state index in [4.69, 9.17) is 11.6 Å². The molecular weight excluding hydrogens is 416 g/mol. The number of carbonyl (C=O) groups excluding carboxylic acids is 2. The molecule has 0 radical (unpaired) electrons. The van der Waals surface area contributed by atoms with Gasteiger partial charge < -0.3 is 5.32 Å². The highest BCUT2D eigenvalue weighted by Crippen LogP contribution is 2.25. The van der Waals surface area contributed by atoms with Crippen LogP contribution in [0.5, 0.6) is 0 Å². The zero-order chi connectivity index (χ0) is 19.8. The maximum absolute atomic E-state index is 12.2. The van der Waals surface area contributed by atoms with Gasteiger partial charge >= 0.3 is 0 Å². The third-order valence-corrected chi connectivity index (χ3v) is 5.83. The van der Waals surface area contributed by atoms with E-state index < -0.39 is 0 Å². The summed E-state index contributed by atoms with van der Waals surface area (Å²) < 4.78 is 0.611. The lowest BCUT2D eigenvalue weighted by atomic mass is 10.1. The molecule has 0 unspecified atom stereocenters. The smallest absolute Gasteiger partial charge is 0.257 e. The summed E-state index contributed by atoms with van der Waals surface area (Å²) in [6.45, 7) is 0.584. The molecule has 6 nitrogen and oxygen atoms in total. The topological polar surface area (TPSA) is 84.0 Å². The highest BCUT2D eigenvalue weighted by Gasteiger charge is 2.12. The number of anilines is 1. The third-order valence-electron chi connectivity index (χ3n) is 3.62. The van der Waals surface area contributed by atoms with Gasteiger partial charge in [0.1, 0.15) is 0 Å². The van der Waals surface area contributed by atoms with Crippen molar-refractivity contribution in [2.75, 3.05) is 17.6 Å². The Hall–Kier alpha value is -2.42. The summed E-state index contributed by atoms with van der Waals surface area (Å²) in [4.78, 5) is 24.1. The van der Waals surface area contributed by atoms with Crippen molar-refractivity contribution in [2.45, 2.75) is 10.8 Å². The molecule has 0 atom stereocenters. The fourth-order valence-corrected chi connectivity index (χ4v) is 4.05. The number of aromatic nitrogens is 2. The van der Waals surface area contributed by atoms with E-state index in [0.29, 0.717) is 26.6 Å². The number of benzene rings is 2. The van der Waals surface area contributed by atoms with Gasteiger partial charge in [0.25, 0.3) is 5.91 Å². The number of thioether (sulfide) groups is 1. The number of hydrogen-bond acceptors (Lipinski definition) is 6. The summed E-state index contributed by atoms with van der Waals surface area (Å²) in [5.74, 6) is -0.138. The van der Waals surface area contributed by atoms with E-state index in [2.05, 4.69) is 20.8 Å². The van der Waals surface area contributed by atoms with Crippen molar-refractivity contribution in [3.63, 3.8) is 0 Å². The Morgan fingerprint density at radius 1 is 1.07 bits per heavy atom. The van der Waals surface area contributed by atoms with Gasteiger partial charge in [-0.2, -0.15) is 0 Å². The fourth-order valence-electron chi connectivity index (χ4n) is 2.29. The van der Waals surface area contributed by atoms with Crippen molar-refractivity contribution in [1.29, 1.82) is 0 Å². The Labute approximate surface area is 175 Å². The average molecular weight is 433 g/mol. The van der Waals surface area contributed by atoms with Crippen LogP contribution in [0.3, 0.4) is 0 Å². The Kier molecular flexibility index (Phi) is 7.41. The van der Waals surface area contributed by atoms with Gasteiger partial charge in [-0.25, -0.2) is 0 Å². The minimum Gasteiger partial charge on any atom is -0.355 e. The lowest BCUT2D eigenvalue weighted by Crippen LogP contribution is -2.27. The van der Waals surface area contributed by atoms with Gasteiger partial charge in [0.05, 0.1) is 5.75 Å². The zero-order valence-electron chi connectivity index (χ0n) is 14.7. The second-order valence-electron chi connectivity index (χ2n) is 5.71. The molecule has 0 saturated carbocycles. The Balaban J connectivity index is 1.41. The molecule has 0 aliphatic carbocycles. The van der Waals surface area contributed by atoms with Crippen LogP contribution in [0, 0.1) is 0 Å². The second-order valence-corrected chi connectivity index (χ2v) is 8.35. The highest BCUT2D eigenvalue weighted by atomic mass is 35.5. The van der Waals surface area contributed by atoms with Crippen molar-refractivity contribution in [1.82, 2.24) is 15.5 Å². The van der Waals surface area contributed by atoms with Gasteiger partial charge in [-0.15, -0.1) is 10.2 Å². The van der Waals surface area contributed by atoms with Crippen LogP contribution >= 0.6 is 34.7 Å². The molecule has 0 bridgehead atoms. The number of hydrogen-bond donors (Lipinski definition) is 2. The van der Waals surface area contributed by atoms with Gasteiger partial charge in [0.2, 0.25) is 11.0 Å². The molecule has 144 valence electrons. The Morgan fingerprint density at radius 2 is 1.89 bits per heavy atom. The van der Waals surface area contributed by atoms with Gasteiger partial charge in [0.15, 0.2) is 4.34 Å². The van der Waals surface area contributed by atoms with Crippen LogP contribution in [-0.2, 0) is 11.2 Å². The van der Waals surface area contributed by atoms with Gasteiger partial charge in [0, 0.05) is 17.1 Å². The fraction of sp³-hybridized carbons (Fsp3) is 0.158. The van der Waals surface area contributed by atoms with E-state index in [1.54, 1.807) is 24.3 Å². The van der Waals surface area contributed by atoms with E-state index in [1.807, 2.05) is 30.3 Å². The molecule has 2 amide bonds. The lowest BCUT2D eigenvalue weighted by molar-refractivity contribution is -0.118. The largest absolute Gasteiger partial charge is 0.355 e. The second kappa shape index (κ2) is 10.2. The van der Waals surface area contributed by atoms with E-state index in [1.165, 1.54) is 28.7 Å². The highest BCUT2D eigenvalue weighted by molar-refractivity contribution is 8.01. The molecule has 3 aromatic rings. The predicted octanol–water partition coefficient (Wildman–Crippen LogP) is 3.89. The van der Waals surface area contributed by atoms with Crippen LogP contribution in [0.15, 0.2) is 58.9 Å². The van der Waals surface area contributed by atoms with Crippen molar-refractivity contribution in [3.05, 3.63) is 70.7 Å². The van der Waals surface area contributed by atoms with E-state index in [-0.39, 0.29) is 17.6 Å². The Bertz CT molecular complexity index is 950. The summed E-state index contributed by atoms with van der Waals surface area (Å²) in [6, 6.07) is 16.6. The summed E-state index contributed by atoms with van der Waals surface area (Å²) in [5.41, 5.74) is 1.62. The molecule has 0 aliphatic heterocycles. The zero-order valence-corrected chi connectivity index (χ0v) is 17.1. The molecule has 0 spiro atoms. The first-order chi connectivity index (χ1) is 13.6. The minimum atomic E-state index is -0.311. The Morgan fingerprint density at radius 3 is 2.68 bits per heavy atom. The van der Waals surface area contributed by atoms with E-state index in [0.717, 1.165) is 6.42 Å². The van der Waals surface area contributed by atoms with Crippen LogP contribution in [0.1, 0.15) is 15.9 Å². The standard InChI is InChI=1S/C19H17ClN4O2S2/c20-15-8-4-7-14(11-15)17(26)22-18-23-24-19(28-18)27-12-16(25)21-10-9-13-5-2-1-3-6-13/h1-8,11H,9-10,12H2,(H,21,25)(H,22,23,26). The maximum atomic E-state index is 12.2. The third kappa shape index (κ3) is 6.33. The molecule has 1 aromatic heterocycles. The number of amides is 2. The van der Waals surface area contributed by atoms with Gasteiger partial charge in [-0.05, 0) is 30.2 Å². The van der Waals surface area contributed by atoms with E-state index >= 15 is 0 Å². The molecule has 9 heteroatoms. The molecule has 2 aromatic carbocycles. The first-order valence-electron chi connectivity index (χ1n) is 8.44. The van der Waals surface area contributed by atoms with Crippen molar-refractivity contribution < 1.29 is 9.59 Å². The first kappa shape index (κ1) is 20.3. The summed E-state index contributed by atoms with van der Waals surface area (Å²) in [5, 5.41) is 14.3. The van der Waals surface area contributed by atoms with Gasteiger partial charge in [-0.1, -0.05) is 71.1 Å². The van der Waals surface area contributed by atoms with Crippen molar-refractivity contribution in [2.24, 2.45) is 0 Å². The number of rotatable bonds is 8. The quantitative estimate of drug-likeness (QED) is 0.416. The SMILES string of the molecule is O=C(CSc1nnc(NC(=O)c2cccc(Cl)c2)s1)NCCc1ccccc1. The van der Waals surface area contributed by atoms with Gasteiger partial charge in [-0.3, -0.25) is 14.9 Å². The first-order valence-corrected chi connectivity index (χ1v) is 10.6. The predicted molar refractivity (Wildman–Crippen MR) is 113 cm³/mol. The monoisotopic (exact) mass is 432 g/mol. The molecule has 0 saturated heterocycles. The number of nitrogens with one attached hydrogen (secondary N) is 2. The molecule has 0 aliphatic rings. The molecule has 28 heavy (non-hydrogen) atoms. The summed E-state index contributed by atoms with van der Waals surface area (Å²) in [6.07, 6.45) is 0.787. The number of carbonyl (C=O) groups is 2. The maximum Gasteiger partial charge on any atom is 0.257 e. The average Bonchev–Trinajstić information content (AvgIpc) is 3.14. The minimum absolute atomic E-state index is 0.0688. The van der Waals surface area contributed by atoms with Crippen LogP contribution in [0.2, 0.25) is 5.02 Å². The van der Waals surface area contributed by atoms with Crippen LogP contribution in [0.4, 0.5) is 5.13 Å². The van der Waals surface area contributed by atoms with Crippen molar-refractivity contribution >= 4 is 51.6 Å². The van der Waals surface area contributed by atoms with Crippen LogP contribution < -0.4 is 10.6 Å². The molecule has 1 heterocycles. The number of nitrogens with zero attached hydrogens (tertiary/aromatic N) is 2. The summed E-state index contributed by atoms with van der Waals surface area (Å²) >= 11 is 8.39. The molecule has 3 rings (SSSR count). The normalized spacial score (nSPS) is 10.5. The number of halogens is 1.